The molecule has 0 aliphatic carbocycles. The van der Waals surface area contributed by atoms with Gasteiger partial charge in [-0.05, 0) is 45.1 Å². The maximum absolute atomic E-state index is 12.5. The summed E-state index contributed by atoms with van der Waals surface area (Å²) in [5.74, 6) is -4.35. The lowest BCUT2D eigenvalue weighted by atomic mass is 9.93. The molecule has 0 unspecified atom stereocenters. The van der Waals surface area contributed by atoms with Crippen LogP contribution >= 0.6 is 0 Å². The van der Waals surface area contributed by atoms with Crippen LogP contribution < -0.4 is 32.9 Å². The minimum atomic E-state index is -1.38. The lowest BCUT2D eigenvalue weighted by Gasteiger charge is -2.24. The Hall–Kier alpha value is -2.77. The molecule has 0 rings (SSSR count). The smallest absolute Gasteiger partial charge is 0.245 e. The molecular weight excluding hydrogens is 436 g/mol. The maximum Gasteiger partial charge on any atom is 0.245 e. The fraction of sp³-hybridized carbons (Fsp3) is 0.750. The maximum atomic E-state index is 12.5. The first kappa shape index (κ1) is 30.2. The van der Waals surface area contributed by atoms with Crippen molar-refractivity contribution < 1.29 is 34.3 Å². The molecule has 190 valence electrons. The molecule has 0 saturated carbocycles. The Morgan fingerprint density at radius 2 is 1.48 bits per heavy atom. The van der Waals surface area contributed by atoms with Crippen molar-refractivity contribution in [3.8, 4) is 0 Å². The number of carbonyl (C=O) groups is 5. The molecule has 10 N–H and O–H groups in total. The Morgan fingerprint density at radius 3 is 1.97 bits per heavy atom. The molecule has 5 amide bonds. The first-order valence-electron chi connectivity index (χ1n) is 10.9. The SMILES string of the molecule is CC(C)C[C@H](CC(=O)NO)C(=O)N[C@@H](C)C(=O)N[C@@H](CO)C(=O)N[C@@H](CCCCN)C(N)=O. The van der Waals surface area contributed by atoms with Gasteiger partial charge < -0.3 is 32.5 Å². The van der Waals surface area contributed by atoms with Crippen molar-refractivity contribution in [2.24, 2.45) is 23.3 Å². The van der Waals surface area contributed by atoms with E-state index in [2.05, 4.69) is 16.0 Å². The number of hydroxylamine groups is 1. The molecule has 0 radical (unpaired) electrons. The monoisotopic (exact) mass is 474 g/mol. The molecule has 0 heterocycles. The Balaban J connectivity index is 5.01. The molecule has 0 aliphatic heterocycles. The van der Waals surface area contributed by atoms with Gasteiger partial charge in [0.05, 0.1) is 6.61 Å². The van der Waals surface area contributed by atoms with Crippen molar-refractivity contribution in [1.29, 1.82) is 0 Å². The van der Waals surface area contributed by atoms with Gasteiger partial charge in [-0.3, -0.25) is 29.2 Å². The molecule has 0 saturated heterocycles. The summed E-state index contributed by atoms with van der Waals surface area (Å²) in [6, 6.07) is -3.45. The van der Waals surface area contributed by atoms with Gasteiger partial charge in [-0.15, -0.1) is 0 Å². The summed E-state index contributed by atoms with van der Waals surface area (Å²) >= 11 is 0. The van der Waals surface area contributed by atoms with E-state index in [-0.39, 0.29) is 18.8 Å². The van der Waals surface area contributed by atoms with Gasteiger partial charge in [0.25, 0.3) is 0 Å². The number of hydrogen-bond acceptors (Lipinski definition) is 8. The van der Waals surface area contributed by atoms with Crippen LogP contribution in [0.15, 0.2) is 0 Å². The number of rotatable bonds is 16. The van der Waals surface area contributed by atoms with Crippen molar-refractivity contribution in [3.63, 3.8) is 0 Å². The Bertz CT molecular complexity index is 673. The fourth-order valence-electron chi connectivity index (χ4n) is 3.06. The highest BCUT2D eigenvalue weighted by Gasteiger charge is 2.29. The number of carbonyl (C=O) groups excluding carboxylic acids is 5. The summed E-state index contributed by atoms with van der Waals surface area (Å²) < 4.78 is 0. The second-order valence-corrected chi connectivity index (χ2v) is 8.29. The van der Waals surface area contributed by atoms with Gasteiger partial charge in [0.15, 0.2) is 0 Å². The highest BCUT2D eigenvalue weighted by atomic mass is 16.5. The first-order valence-corrected chi connectivity index (χ1v) is 10.9. The average molecular weight is 475 g/mol. The highest BCUT2D eigenvalue weighted by Crippen LogP contribution is 2.16. The molecule has 0 aromatic carbocycles. The van der Waals surface area contributed by atoms with Crippen molar-refractivity contribution >= 4 is 29.5 Å². The zero-order valence-corrected chi connectivity index (χ0v) is 19.4. The standard InChI is InChI=1S/C20H38N6O7/c1-11(2)8-13(9-16(28)26-33)19(31)23-12(3)18(30)25-15(10-27)20(32)24-14(17(22)29)6-4-5-7-21/h11-15,27,33H,4-10,21H2,1-3H3,(H2,22,29)(H,23,31)(H,24,32)(H,25,30)(H,26,28)/t12-,13+,14-,15-/m0/s1. The van der Waals surface area contributed by atoms with Gasteiger partial charge in [0.1, 0.15) is 18.1 Å². The largest absolute Gasteiger partial charge is 0.394 e. The molecule has 13 heteroatoms. The van der Waals surface area contributed by atoms with E-state index in [1.165, 1.54) is 12.4 Å². The van der Waals surface area contributed by atoms with E-state index in [0.717, 1.165) is 0 Å². The minimum absolute atomic E-state index is 0.0712. The Kier molecular flexibility index (Phi) is 14.6. The summed E-state index contributed by atoms with van der Waals surface area (Å²) in [7, 11) is 0. The van der Waals surface area contributed by atoms with Crippen LogP contribution in [0.3, 0.4) is 0 Å². The van der Waals surface area contributed by atoms with Crippen molar-refractivity contribution in [2.75, 3.05) is 13.2 Å². The molecule has 0 fully saturated rings. The number of amides is 5. The van der Waals surface area contributed by atoms with Crippen LogP contribution in [0.1, 0.15) is 52.9 Å². The summed E-state index contributed by atoms with van der Waals surface area (Å²) in [6.07, 6.45) is 1.52. The lowest BCUT2D eigenvalue weighted by Crippen LogP contribution is -2.57. The van der Waals surface area contributed by atoms with Crippen molar-refractivity contribution in [3.05, 3.63) is 0 Å². The Labute approximate surface area is 193 Å². The van der Waals surface area contributed by atoms with Crippen molar-refractivity contribution in [2.45, 2.75) is 71.0 Å². The van der Waals surface area contributed by atoms with E-state index >= 15 is 0 Å². The van der Waals surface area contributed by atoms with Crippen LogP contribution in [0.4, 0.5) is 0 Å². The van der Waals surface area contributed by atoms with E-state index in [1.54, 1.807) is 0 Å². The molecule has 33 heavy (non-hydrogen) atoms. The predicted octanol–water partition coefficient (Wildman–Crippen LogP) is -2.37. The van der Waals surface area contributed by atoms with Gasteiger partial charge in [0.2, 0.25) is 29.5 Å². The normalized spacial score (nSPS) is 14.5. The zero-order valence-electron chi connectivity index (χ0n) is 19.4. The molecule has 4 atom stereocenters. The van der Waals surface area contributed by atoms with E-state index < -0.39 is 60.2 Å². The number of nitrogens with two attached hydrogens (primary N) is 2. The molecule has 0 aliphatic rings. The van der Waals surface area contributed by atoms with Crippen LogP contribution in [0, 0.1) is 11.8 Å². The quantitative estimate of drug-likeness (QED) is 0.0683. The van der Waals surface area contributed by atoms with E-state index in [9.17, 15) is 29.1 Å². The van der Waals surface area contributed by atoms with Crippen LogP contribution in [0.25, 0.3) is 0 Å². The van der Waals surface area contributed by atoms with Crippen LogP contribution in [-0.4, -0.2) is 71.1 Å². The molecular formula is C20H38N6O7. The second-order valence-electron chi connectivity index (χ2n) is 8.29. The lowest BCUT2D eigenvalue weighted by molar-refractivity contribution is -0.137. The molecule has 0 bridgehead atoms. The number of unbranched alkanes of at least 4 members (excludes halogenated alkanes) is 1. The van der Waals surface area contributed by atoms with Gasteiger partial charge in [-0.25, -0.2) is 5.48 Å². The number of aliphatic hydroxyl groups excluding tert-OH is 1. The Morgan fingerprint density at radius 1 is 0.879 bits per heavy atom. The van der Waals surface area contributed by atoms with E-state index in [1.807, 2.05) is 13.8 Å². The van der Waals surface area contributed by atoms with Crippen LogP contribution in [0.2, 0.25) is 0 Å². The summed E-state index contributed by atoms with van der Waals surface area (Å²) in [5.41, 5.74) is 12.2. The highest BCUT2D eigenvalue weighted by molar-refractivity contribution is 5.94. The zero-order chi connectivity index (χ0) is 25.6. The van der Waals surface area contributed by atoms with E-state index in [4.69, 9.17) is 16.7 Å². The third-order valence-corrected chi connectivity index (χ3v) is 4.86. The van der Waals surface area contributed by atoms with Crippen LogP contribution in [-0.2, 0) is 24.0 Å². The molecule has 13 nitrogen and oxygen atoms in total. The van der Waals surface area contributed by atoms with Crippen molar-refractivity contribution in [1.82, 2.24) is 21.4 Å². The number of primary amides is 1. The van der Waals surface area contributed by atoms with Gasteiger partial charge in [-0.1, -0.05) is 13.8 Å². The number of hydrogen-bond donors (Lipinski definition) is 8. The van der Waals surface area contributed by atoms with Gasteiger partial charge in [-0.2, -0.15) is 0 Å². The minimum Gasteiger partial charge on any atom is -0.394 e. The topological polar surface area (TPSA) is 226 Å². The van der Waals surface area contributed by atoms with Gasteiger partial charge in [0, 0.05) is 12.3 Å². The van der Waals surface area contributed by atoms with Crippen LogP contribution in [0.5, 0.6) is 0 Å². The summed E-state index contributed by atoms with van der Waals surface area (Å²) in [5, 5.41) is 25.4. The van der Waals surface area contributed by atoms with E-state index in [0.29, 0.717) is 25.8 Å². The molecule has 0 aromatic heterocycles. The summed E-state index contributed by atoms with van der Waals surface area (Å²) in [6.45, 7) is 4.75. The fourth-order valence-corrected chi connectivity index (χ4v) is 3.06. The third kappa shape index (κ3) is 12.2. The number of aliphatic hydroxyl groups is 1. The summed E-state index contributed by atoms with van der Waals surface area (Å²) in [4.78, 5) is 60.5. The van der Waals surface area contributed by atoms with Gasteiger partial charge >= 0.3 is 0 Å². The molecule has 0 aromatic rings. The predicted molar refractivity (Wildman–Crippen MR) is 118 cm³/mol. The average Bonchev–Trinajstić information content (AvgIpc) is 2.75. The third-order valence-electron chi connectivity index (χ3n) is 4.86. The first-order chi connectivity index (χ1) is 15.5. The second kappa shape index (κ2) is 15.9. The number of nitrogens with one attached hydrogen (secondary N) is 4. The molecule has 0 spiro atoms.